The van der Waals surface area contributed by atoms with Crippen LogP contribution < -0.4 is 15.4 Å². The van der Waals surface area contributed by atoms with Gasteiger partial charge in [0.25, 0.3) is 0 Å². The number of hydrogen-bond donors (Lipinski definition) is 2. The fourth-order valence-corrected chi connectivity index (χ4v) is 2.91. The van der Waals surface area contributed by atoms with Crippen LogP contribution in [0.15, 0.2) is 47.7 Å². The predicted octanol–water partition coefficient (Wildman–Crippen LogP) is 1.70. The highest BCUT2D eigenvalue weighted by atomic mass is 16.5. The molecular weight excluding hydrogens is 380 g/mol. The highest BCUT2D eigenvalue weighted by Crippen LogP contribution is 2.11. The lowest BCUT2D eigenvalue weighted by Crippen LogP contribution is -2.39. The highest BCUT2D eigenvalue weighted by Gasteiger charge is 2.05. The third-order valence-electron chi connectivity index (χ3n) is 4.84. The van der Waals surface area contributed by atoms with Crippen LogP contribution in [0.5, 0.6) is 5.75 Å². The van der Waals surface area contributed by atoms with Crippen LogP contribution in [0.25, 0.3) is 0 Å². The lowest BCUT2D eigenvalue weighted by Gasteiger charge is -2.13. The largest absolute Gasteiger partial charge is 0.497 e. The van der Waals surface area contributed by atoms with Gasteiger partial charge in [-0.05, 0) is 43.5 Å². The minimum atomic E-state index is 0.467. The normalized spacial score (nSPS) is 11.5. The van der Waals surface area contributed by atoms with Crippen molar-refractivity contribution in [2.45, 2.75) is 32.9 Å². The summed E-state index contributed by atoms with van der Waals surface area (Å²) < 4.78 is 9.10. The topological polar surface area (TPSA) is 94.2 Å². The van der Waals surface area contributed by atoms with Crippen molar-refractivity contribution in [3.63, 3.8) is 0 Å². The number of rotatable bonds is 10. The number of ether oxygens (including phenoxy) is 1. The molecule has 0 fully saturated rings. The second kappa shape index (κ2) is 11.0. The van der Waals surface area contributed by atoms with Crippen molar-refractivity contribution < 1.29 is 4.74 Å². The Labute approximate surface area is 177 Å². The van der Waals surface area contributed by atoms with E-state index in [1.807, 2.05) is 47.6 Å². The van der Waals surface area contributed by atoms with Crippen molar-refractivity contribution in [2.24, 2.45) is 12.0 Å². The summed E-state index contributed by atoms with van der Waals surface area (Å²) in [4.78, 5) is 4.69. The van der Waals surface area contributed by atoms with Crippen LogP contribution in [-0.4, -0.2) is 50.7 Å². The minimum absolute atomic E-state index is 0.467. The second-order valence-electron chi connectivity index (χ2n) is 6.96. The van der Waals surface area contributed by atoms with Crippen LogP contribution in [0.4, 0.5) is 0 Å². The summed E-state index contributed by atoms with van der Waals surface area (Å²) in [6, 6.07) is 10.1. The Morgan fingerprint density at radius 1 is 1.13 bits per heavy atom. The van der Waals surface area contributed by atoms with Gasteiger partial charge in [0.1, 0.15) is 18.1 Å². The van der Waals surface area contributed by atoms with E-state index >= 15 is 0 Å². The van der Waals surface area contributed by atoms with Crippen molar-refractivity contribution in [3.05, 3.63) is 59.9 Å². The van der Waals surface area contributed by atoms with E-state index in [1.54, 1.807) is 13.3 Å². The number of methoxy groups -OCH3 is 1. The summed E-state index contributed by atoms with van der Waals surface area (Å²) in [6.07, 6.45) is 5.60. The van der Waals surface area contributed by atoms with Crippen molar-refractivity contribution >= 4 is 5.96 Å². The molecule has 9 heteroatoms. The van der Waals surface area contributed by atoms with Gasteiger partial charge in [-0.1, -0.05) is 12.1 Å². The van der Waals surface area contributed by atoms with E-state index in [2.05, 4.69) is 43.1 Å². The number of aliphatic imine (C=N–C) groups is 1. The van der Waals surface area contributed by atoms with Crippen LogP contribution in [0.3, 0.4) is 0 Å². The van der Waals surface area contributed by atoms with Gasteiger partial charge in [0.2, 0.25) is 0 Å². The van der Waals surface area contributed by atoms with Gasteiger partial charge in [0, 0.05) is 39.1 Å². The first-order chi connectivity index (χ1) is 14.7. The van der Waals surface area contributed by atoms with Crippen LogP contribution in [0, 0.1) is 6.92 Å². The van der Waals surface area contributed by atoms with Crippen LogP contribution in [-0.2, 0) is 26.6 Å². The van der Waals surface area contributed by atoms with E-state index in [0.29, 0.717) is 6.54 Å². The molecule has 0 saturated carbocycles. The number of aromatic nitrogens is 5. The molecular formula is C21H30N8O. The van der Waals surface area contributed by atoms with E-state index in [4.69, 9.17) is 4.74 Å². The number of nitrogens with one attached hydrogen (secondary N) is 2. The summed E-state index contributed by atoms with van der Waals surface area (Å²) in [6.45, 7) is 4.83. The van der Waals surface area contributed by atoms with Gasteiger partial charge in [0.15, 0.2) is 11.8 Å². The molecule has 0 spiro atoms. The fraction of sp³-hybridized carbons (Fsp3) is 0.429. The predicted molar refractivity (Wildman–Crippen MR) is 116 cm³/mol. The maximum absolute atomic E-state index is 5.21. The average Bonchev–Trinajstić information content (AvgIpc) is 3.40. The van der Waals surface area contributed by atoms with Gasteiger partial charge in [-0.25, -0.2) is 4.99 Å². The molecule has 0 atom stereocenters. The summed E-state index contributed by atoms with van der Waals surface area (Å²) >= 11 is 0. The van der Waals surface area contributed by atoms with Gasteiger partial charge >= 0.3 is 0 Å². The molecule has 160 valence electrons. The molecule has 0 unspecified atom stereocenters. The summed E-state index contributed by atoms with van der Waals surface area (Å²) in [7, 11) is 3.63. The molecule has 0 amide bonds. The number of guanidine groups is 1. The van der Waals surface area contributed by atoms with E-state index in [0.717, 1.165) is 55.8 Å². The third kappa shape index (κ3) is 6.33. The molecule has 2 heterocycles. The molecule has 0 aliphatic carbocycles. The molecule has 1 aromatic carbocycles. The Morgan fingerprint density at radius 2 is 1.93 bits per heavy atom. The first kappa shape index (κ1) is 21.4. The zero-order chi connectivity index (χ0) is 21.2. The summed E-state index contributed by atoms with van der Waals surface area (Å²) in [5.74, 6) is 3.35. The average molecular weight is 411 g/mol. The Balaban J connectivity index is 1.52. The quantitative estimate of drug-likeness (QED) is 0.300. The summed E-state index contributed by atoms with van der Waals surface area (Å²) in [5.41, 5.74) is 1.24. The van der Waals surface area contributed by atoms with Crippen LogP contribution in [0.2, 0.25) is 0 Å². The second-order valence-corrected chi connectivity index (χ2v) is 6.96. The van der Waals surface area contributed by atoms with Crippen molar-refractivity contribution in [1.82, 2.24) is 35.2 Å². The molecule has 0 radical (unpaired) electrons. The first-order valence-corrected chi connectivity index (χ1v) is 10.1. The molecule has 0 bridgehead atoms. The molecule has 9 nitrogen and oxygen atoms in total. The number of nitrogens with zero attached hydrogens (tertiary/aromatic N) is 6. The molecule has 2 aromatic heterocycles. The smallest absolute Gasteiger partial charge is 0.191 e. The Morgan fingerprint density at radius 3 is 2.60 bits per heavy atom. The van der Waals surface area contributed by atoms with Gasteiger partial charge < -0.3 is 19.9 Å². The van der Waals surface area contributed by atoms with Crippen molar-refractivity contribution in [2.75, 3.05) is 20.2 Å². The van der Waals surface area contributed by atoms with Crippen molar-refractivity contribution in [3.8, 4) is 5.75 Å². The minimum Gasteiger partial charge on any atom is -0.497 e. The first-order valence-electron chi connectivity index (χ1n) is 10.1. The van der Waals surface area contributed by atoms with Crippen LogP contribution in [0.1, 0.15) is 23.6 Å². The maximum atomic E-state index is 5.21. The maximum Gasteiger partial charge on any atom is 0.191 e. The lowest BCUT2D eigenvalue weighted by atomic mass is 10.1. The SMILES string of the molecule is COc1ccc(CCNC(=NCc2nnc(C)n2C)NCCCn2cccn2)cc1. The van der Waals surface area contributed by atoms with E-state index in [1.165, 1.54) is 5.56 Å². The molecule has 2 N–H and O–H groups in total. The molecule has 0 aliphatic heterocycles. The third-order valence-corrected chi connectivity index (χ3v) is 4.84. The zero-order valence-corrected chi connectivity index (χ0v) is 17.9. The molecule has 0 saturated heterocycles. The Kier molecular flexibility index (Phi) is 7.82. The monoisotopic (exact) mass is 410 g/mol. The number of benzene rings is 1. The molecule has 3 aromatic rings. The van der Waals surface area contributed by atoms with Gasteiger partial charge in [-0.15, -0.1) is 10.2 Å². The lowest BCUT2D eigenvalue weighted by molar-refractivity contribution is 0.414. The van der Waals surface area contributed by atoms with E-state index in [-0.39, 0.29) is 0 Å². The zero-order valence-electron chi connectivity index (χ0n) is 17.9. The van der Waals surface area contributed by atoms with Crippen LogP contribution >= 0.6 is 0 Å². The standard InChI is InChI=1S/C21H30N8O/c1-17-26-27-20(28(17)2)16-24-21(22-11-4-14-29-15-5-12-25-29)23-13-10-18-6-8-19(30-3)9-7-18/h5-9,12,15H,4,10-11,13-14,16H2,1-3H3,(H2,22,23,24). The van der Waals surface area contributed by atoms with Gasteiger partial charge in [-0.2, -0.15) is 5.10 Å². The van der Waals surface area contributed by atoms with E-state index < -0.39 is 0 Å². The molecule has 30 heavy (non-hydrogen) atoms. The molecule has 0 aliphatic rings. The Bertz CT molecular complexity index is 915. The fourth-order valence-electron chi connectivity index (χ4n) is 2.91. The number of hydrogen-bond acceptors (Lipinski definition) is 5. The van der Waals surface area contributed by atoms with Gasteiger partial charge in [-0.3, -0.25) is 4.68 Å². The highest BCUT2D eigenvalue weighted by molar-refractivity contribution is 5.79. The van der Waals surface area contributed by atoms with E-state index in [9.17, 15) is 0 Å². The number of aryl methyl sites for hydroxylation is 2. The summed E-state index contributed by atoms with van der Waals surface area (Å²) in [5, 5.41) is 19.3. The van der Waals surface area contributed by atoms with Gasteiger partial charge in [0.05, 0.1) is 7.11 Å². The van der Waals surface area contributed by atoms with Crippen molar-refractivity contribution in [1.29, 1.82) is 0 Å². The Hall–Kier alpha value is -3.36. The molecule has 3 rings (SSSR count).